The van der Waals surface area contributed by atoms with Gasteiger partial charge in [0.1, 0.15) is 0 Å². The van der Waals surface area contributed by atoms with E-state index in [1.54, 1.807) is 15.9 Å². The molecule has 1 aliphatic carbocycles. The van der Waals surface area contributed by atoms with Crippen molar-refractivity contribution in [3.8, 4) is 0 Å². The first-order valence-electron chi connectivity index (χ1n) is 16.6. The van der Waals surface area contributed by atoms with Crippen LogP contribution in [0, 0.1) is 0 Å². The van der Waals surface area contributed by atoms with Gasteiger partial charge in [0, 0.05) is 55.6 Å². The van der Waals surface area contributed by atoms with E-state index in [1.165, 1.54) is 6.42 Å². The zero-order valence-electron chi connectivity index (χ0n) is 26.8. The Morgan fingerprint density at radius 3 is 2.34 bits per heavy atom. The van der Waals surface area contributed by atoms with E-state index in [1.807, 2.05) is 49.4 Å². The van der Waals surface area contributed by atoms with E-state index in [4.69, 9.17) is 0 Å². The number of hydrogen-bond acceptors (Lipinski definition) is 5. The fraction of sp³-hybridized carbons (Fsp3) is 0.571. The minimum atomic E-state index is -0.995. The molecule has 0 spiro atoms. The molecule has 2 fully saturated rings. The highest BCUT2D eigenvalue weighted by Crippen LogP contribution is 2.28. The normalized spacial score (nSPS) is 17.1. The lowest BCUT2D eigenvalue weighted by molar-refractivity contribution is -0.119. The Hall–Kier alpha value is -3.59. The van der Waals surface area contributed by atoms with Gasteiger partial charge in [-0.1, -0.05) is 49.6 Å². The van der Waals surface area contributed by atoms with Gasteiger partial charge >= 0.3 is 6.03 Å². The third-order valence-corrected chi connectivity index (χ3v) is 9.02. The van der Waals surface area contributed by atoms with Gasteiger partial charge in [-0.15, -0.1) is 0 Å². The Labute approximate surface area is 263 Å². The highest BCUT2D eigenvalue weighted by molar-refractivity contribution is 6.00. The minimum absolute atomic E-state index is 0.0721. The molecule has 44 heavy (non-hydrogen) atoms. The number of benzene rings is 2. The zero-order chi connectivity index (χ0) is 31.5. The molecular formula is C35H51N5O4. The molecule has 4 amide bonds. The van der Waals surface area contributed by atoms with Gasteiger partial charge in [-0.25, -0.2) is 4.79 Å². The van der Waals surface area contributed by atoms with Crippen molar-refractivity contribution in [3.63, 3.8) is 0 Å². The molecule has 2 aromatic carbocycles. The van der Waals surface area contributed by atoms with E-state index < -0.39 is 12.1 Å². The summed E-state index contributed by atoms with van der Waals surface area (Å²) in [6.07, 6.45) is 7.13. The van der Waals surface area contributed by atoms with Crippen LogP contribution in [0.5, 0.6) is 0 Å². The number of carbonyl (C=O) groups is 3. The van der Waals surface area contributed by atoms with Gasteiger partial charge in [0.25, 0.3) is 5.91 Å². The lowest BCUT2D eigenvalue weighted by atomic mass is 9.96. The van der Waals surface area contributed by atoms with E-state index in [0.29, 0.717) is 31.5 Å². The maximum absolute atomic E-state index is 13.9. The molecule has 1 aliphatic heterocycles. The summed E-state index contributed by atoms with van der Waals surface area (Å²) in [6, 6.07) is 14.7. The lowest BCUT2D eigenvalue weighted by Gasteiger charge is -2.32. The fourth-order valence-corrected chi connectivity index (χ4v) is 6.36. The molecule has 240 valence electrons. The number of nitrogens with zero attached hydrogens (tertiary/aromatic N) is 3. The van der Waals surface area contributed by atoms with Crippen molar-refractivity contribution in [1.29, 1.82) is 0 Å². The Bertz CT molecular complexity index is 1230. The van der Waals surface area contributed by atoms with E-state index in [2.05, 4.69) is 29.4 Å². The molecule has 1 saturated heterocycles. The number of anilines is 2. The molecule has 9 heteroatoms. The van der Waals surface area contributed by atoms with Crippen LogP contribution in [-0.2, 0) is 11.2 Å². The number of nitrogens with one attached hydrogen (secondary N) is 2. The van der Waals surface area contributed by atoms with Crippen molar-refractivity contribution in [2.24, 2.45) is 0 Å². The molecule has 9 nitrogen and oxygen atoms in total. The van der Waals surface area contributed by atoms with Crippen molar-refractivity contribution in [3.05, 3.63) is 59.7 Å². The monoisotopic (exact) mass is 605 g/mol. The summed E-state index contributed by atoms with van der Waals surface area (Å²) in [7, 11) is 0. The molecule has 2 aliphatic rings. The highest BCUT2D eigenvalue weighted by Gasteiger charge is 2.28. The molecule has 0 unspecified atom stereocenters. The quantitative estimate of drug-likeness (QED) is 0.294. The van der Waals surface area contributed by atoms with Gasteiger partial charge in [0.15, 0.2) is 0 Å². The highest BCUT2D eigenvalue weighted by atomic mass is 16.3. The molecular weight excluding hydrogens is 554 g/mol. The number of carbonyl (C=O) groups excluding carboxylic acids is 3. The predicted octanol–water partition coefficient (Wildman–Crippen LogP) is 5.12. The average Bonchev–Trinajstić information content (AvgIpc) is 3.04. The average molecular weight is 606 g/mol. The first-order valence-corrected chi connectivity index (χ1v) is 16.6. The van der Waals surface area contributed by atoms with Crippen LogP contribution in [0.15, 0.2) is 48.5 Å². The fourth-order valence-electron chi connectivity index (χ4n) is 6.36. The van der Waals surface area contributed by atoms with E-state index in [-0.39, 0.29) is 30.4 Å². The van der Waals surface area contributed by atoms with Crippen molar-refractivity contribution in [2.45, 2.75) is 96.7 Å². The summed E-state index contributed by atoms with van der Waals surface area (Å²) in [6.45, 7) is 8.74. The van der Waals surface area contributed by atoms with Gasteiger partial charge in [-0.2, -0.15) is 0 Å². The van der Waals surface area contributed by atoms with Gasteiger partial charge < -0.3 is 30.4 Å². The summed E-state index contributed by atoms with van der Waals surface area (Å²) in [5.41, 5.74) is 3.02. The number of urea groups is 1. The van der Waals surface area contributed by atoms with Crippen LogP contribution in [-0.4, -0.2) is 78.8 Å². The second-order valence-electron chi connectivity index (χ2n) is 12.1. The molecule has 0 radical (unpaired) electrons. The van der Waals surface area contributed by atoms with Crippen molar-refractivity contribution in [2.75, 3.05) is 42.5 Å². The Morgan fingerprint density at radius 1 is 0.955 bits per heavy atom. The van der Waals surface area contributed by atoms with Crippen molar-refractivity contribution < 1.29 is 19.5 Å². The number of aliphatic hydroxyl groups excluding tert-OH is 1. The van der Waals surface area contributed by atoms with E-state index in [0.717, 1.165) is 68.6 Å². The third-order valence-electron chi connectivity index (χ3n) is 9.02. The van der Waals surface area contributed by atoms with Gasteiger partial charge in [-0.3, -0.25) is 9.59 Å². The third kappa shape index (κ3) is 8.97. The van der Waals surface area contributed by atoms with Crippen LogP contribution in [0.25, 0.3) is 0 Å². The van der Waals surface area contributed by atoms with Crippen molar-refractivity contribution in [1.82, 2.24) is 15.5 Å². The van der Waals surface area contributed by atoms with E-state index in [9.17, 15) is 19.5 Å². The smallest absolute Gasteiger partial charge is 0.317 e. The first-order chi connectivity index (χ1) is 21.3. The Morgan fingerprint density at radius 2 is 1.68 bits per heavy atom. The predicted molar refractivity (Wildman–Crippen MR) is 176 cm³/mol. The van der Waals surface area contributed by atoms with Crippen LogP contribution in [0.3, 0.4) is 0 Å². The number of amides is 4. The van der Waals surface area contributed by atoms with Gasteiger partial charge in [0.2, 0.25) is 5.91 Å². The van der Waals surface area contributed by atoms with Crippen LogP contribution in [0.1, 0.15) is 88.1 Å². The largest absolute Gasteiger partial charge is 0.389 e. The molecule has 1 heterocycles. The molecule has 0 aromatic heterocycles. The number of likely N-dealkylation sites (N-methyl/N-ethyl adjacent to an activating group) is 1. The number of hydrogen-bond donors (Lipinski definition) is 3. The van der Waals surface area contributed by atoms with E-state index >= 15 is 0 Å². The molecule has 0 bridgehead atoms. The zero-order valence-corrected chi connectivity index (χ0v) is 26.8. The number of aliphatic hydroxyl groups is 1. The van der Waals surface area contributed by atoms with Crippen LogP contribution < -0.4 is 20.4 Å². The molecule has 2 aromatic rings. The molecule has 1 saturated carbocycles. The SMILES string of the molecule is CCN(C[C@H](O)[C@H](Cc1ccccc1)NC(=O)c1cc(N(CC)CC)cc(N2CCCCC2=O)c1)C(=O)NC1CCCCC1. The van der Waals surface area contributed by atoms with Crippen LogP contribution >= 0.6 is 0 Å². The molecule has 3 N–H and O–H groups in total. The number of rotatable bonds is 13. The second kappa shape index (κ2) is 16.5. The first kappa shape index (κ1) is 33.3. The van der Waals surface area contributed by atoms with Crippen LogP contribution in [0.4, 0.5) is 16.2 Å². The topological polar surface area (TPSA) is 105 Å². The van der Waals surface area contributed by atoms with Gasteiger partial charge in [-0.05, 0) is 76.6 Å². The van der Waals surface area contributed by atoms with Crippen molar-refractivity contribution >= 4 is 29.2 Å². The summed E-state index contributed by atoms with van der Waals surface area (Å²) >= 11 is 0. The van der Waals surface area contributed by atoms with Gasteiger partial charge in [0.05, 0.1) is 18.7 Å². The Balaban J connectivity index is 1.57. The summed E-state index contributed by atoms with van der Waals surface area (Å²) in [4.78, 5) is 45.5. The molecule has 4 rings (SSSR count). The van der Waals surface area contributed by atoms with Crippen LogP contribution in [0.2, 0.25) is 0 Å². The summed E-state index contributed by atoms with van der Waals surface area (Å²) in [5.74, 6) is -0.248. The second-order valence-corrected chi connectivity index (χ2v) is 12.1. The molecule has 2 atom stereocenters. The number of piperidine rings is 1. The minimum Gasteiger partial charge on any atom is -0.389 e. The Kier molecular flexibility index (Phi) is 12.5. The standard InChI is InChI=1S/C35H51N5O4/c1-4-38(5-2)29-22-27(23-30(24-29)40-20-14-13-19-33(40)42)34(43)37-31(21-26-15-9-7-10-16-26)32(41)25-39(6-3)35(44)36-28-17-11-8-12-18-28/h7,9-10,15-16,22-24,28,31-32,41H,4-6,8,11-14,17-21,25H2,1-3H3,(H,36,44)(H,37,43)/t31-,32-/m0/s1. The summed E-state index contributed by atoms with van der Waals surface area (Å²) < 4.78 is 0. The lowest BCUT2D eigenvalue weighted by Crippen LogP contribution is -2.53. The maximum Gasteiger partial charge on any atom is 0.317 e. The maximum atomic E-state index is 13.9. The summed E-state index contributed by atoms with van der Waals surface area (Å²) in [5, 5.41) is 17.8.